The van der Waals surface area contributed by atoms with Crippen LogP contribution in [0.15, 0.2) is 82.0 Å². The molecule has 0 aliphatic heterocycles. The quantitative estimate of drug-likeness (QED) is 0.418. The van der Waals surface area contributed by atoms with Gasteiger partial charge in [0, 0.05) is 16.5 Å². The molecule has 0 saturated heterocycles. The van der Waals surface area contributed by atoms with E-state index in [1.54, 1.807) is 54.6 Å². The van der Waals surface area contributed by atoms with Gasteiger partial charge in [-0.05, 0) is 53.6 Å². The Labute approximate surface area is 159 Å². The Kier molecular flexibility index (Phi) is 4.65. The topological polar surface area (TPSA) is 39.4 Å². The molecule has 0 atom stereocenters. The Bertz CT molecular complexity index is 1170. The lowest BCUT2D eigenvalue weighted by atomic mass is 10.1. The zero-order valence-electron chi connectivity index (χ0n) is 14.1. The van der Waals surface area contributed by atoms with E-state index in [4.69, 9.17) is 20.8 Å². The van der Waals surface area contributed by atoms with Gasteiger partial charge >= 0.3 is 5.63 Å². The van der Waals surface area contributed by atoms with Crippen molar-refractivity contribution >= 4 is 22.6 Å². The van der Waals surface area contributed by atoms with E-state index in [1.165, 1.54) is 12.1 Å². The summed E-state index contributed by atoms with van der Waals surface area (Å²) in [5.41, 5.74) is 1.91. The van der Waals surface area contributed by atoms with Crippen LogP contribution in [0.4, 0.5) is 4.39 Å². The van der Waals surface area contributed by atoms with E-state index in [-0.39, 0.29) is 12.4 Å². The Morgan fingerprint density at radius 1 is 0.963 bits per heavy atom. The molecular weight excluding hydrogens is 367 g/mol. The lowest BCUT2D eigenvalue weighted by molar-refractivity contribution is 0.305. The van der Waals surface area contributed by atoms with Crippen LogP contribution >= 0.6 is 11.6 Å². The highest BCUT2D eigenvalue weighted by atomic mass is 35.5. The SMILES string of the molecule is O=c1oc2cc(OCc3cccc(F)c3)ccc2cc1-c1ccc(Cl)cc1. The van der Waals surface area contributed by atoms with Gasteiger partial charge in [0.05, 0.1) is 5.56 Å². The van der Waals surface area contributed by atoms with Crippen molar-refractivity contribution in [3.05, 3.63) is 99.6 Å². The van der Waals surface area contributed by atoms with Gasteiger partial charge < -0.3 is 9.15 Å². The molecule has 0 N–H and O–H groups in total. The van der Waals surface area contributed by atoms with Gasteiger partial charge in [0.25, 0.3) is 0 Å². The summed E-state index contributed by atoms with van der Waals surface area (Å²) in [6.45, 7) is 0.219. The molecule has 0 saturated carbocycles. The number of rotatable bonds is 4. The molecule has 0 unspecified atom stereocenters. The molecule has 27 heavy (non-hydrogen) atoms. The maximum atomic E-state index is 13.2. The number of benzene rings is 3. The van der Waals surface area contributed by atoms with E-state index in [9.17, 15) is 9.18 Å². The van der Waals surface area contributed by atoms with Crippen LogP contribution in [-0.2, 0) is 6.61 Å². The summed E-state index contributed by atoms with van der Waals surface area (Å²) in [7, 11) is 0. The molecular formula is C22H14ClFO3. The van der Waals surface area contributed by atoms with Crippen LogP contribution in [0.3, 0.4) is 0 Å². The van der Waals surface area contributed by atoms with Gasteiger partial charge in [-0.2, -0.15) is 0 Å². The summed E-state index contributed by atoms with van der Waals surface area (Å²) in [6.07, 6.45) is 0. The fourth-order valence-electron chi connectivity index (χ4n) is 2.81. The summed E-state index contributed by atoms with van der Waals surface area (Å²) < 4.78 is 24.4. The molecule has 134 valence electrons. The molecule has 3 aromatic carbocycles. The number of hydrogen-bond donors (Lipinski definition) is 0. The second-order valence-electron chi connectivity index (χ2n) is 6.07. The van der Waals surface area contributed by atoms with Gasteiger partial charge in [0.2, 0.25) is 0 Å². The number of halogens is 2. The smallest absolute Gasteiger partial charge is 0.344 e. The maximum absolute atomic E-state index is 13.2. The third kappa shape index (κ3) is 3.86. The monoisotopic (exact) mass is 380 g/mol. The average Bonchev–Trinajstić information content (AvgIpc) is 2.66. The van der Waals surface area contributed by atoms with Crippen molar-refractivity contribution in [1.82, 2.24) is 0 Å². The molecule has 0 amide bonds. The Balaban J connectivity index is 1.62. The van der Waals surface area contributed by atoms with Gasteiger partial charge in [0.1, 0.15) is 23.8 Å². The molecule has 1 aromatic heterocycles. The lowest BCUT2D eigenvalue weighted by Crippen LogP contribution is -2.03. The summed E-state index contributed by atoms with van der Waals surface area (Å²) in [5.74, 6) is 0.226. The third-order valence-electron chi connectivity index (χ3n) is 4.16. The van der Waals surface area contributed by atoms with Gasteiger partial charge in [-0.15, -0.1) is 0 Å². The fourth-order valence-corrected chi connectivity index (χ4v) is 2.93. The van der Waals surface area contributed by atoms with Crippen LogP contribution < -0.4 is 10.4 Å². The predicted octanol–water partition coefficient (Wildman–Crippen LogP) is 5.83. The van der Waals surface area contributed by atoms with Crippen LogP contribution in [0.25, 0.3) is 22.1 Å². The van der Waals surface area contributed by atoms with E-state index in [1.807, 2.05) is 6.07 Å². The van der Waals surface area contributed by atoms with Crippen molar-refractivity contribution in [2.24, 2.45) is 0 Å². The highest BCUT2D eigenvalue weighted by molar-refractivity contribution is 6.30. The largest absolute Gasteiger partial charge is 0.489 e. The number of ether oxygens (including phenoxy) is 1. The molecule has 0 radical (unpaired) electrons. The molecule has 0 spiro atoms. The minimum Gasteiger partial charge on any atom is -0.489 e. The van der Waals surface area contributed by atoms with Crippen molar-refractivity contribution in [2.75, 3.05) is 0 Å². The van der Waals surface area contributed by atoms with Gasteiger partial charge in [-0.25, -0.2) is 9.18 Å². The highest BCUT2D eigenvalue weighted by Crippen LogP contribution is 2.25. The standard InChI is InChI=1S/C22H14ClFO3/c23-17-7-4-15(5-8-17)20-11-16-6-9-19(12-21(16)27-22(20)25)26-13-14-2-1-3-18(24)10-14/h1-12H,13H2. The van der Waals surface area contributed by atoms with Crippen molar-refractivity contribution in [2.45, 2.75) is 6.61 Å². The first-order valence-corrected chi connectivity index (χ1v) is 8.67. The second-order valence-corrected chi connectivity index (χ2v) is 6.51. The first-order chi connectivity index (χ1) is 13.1. The second kappa shape index (κ2) is 7.25. The summed E-state index contributed by atoms with van der Waals surface area (Å²) in [6, 6.07) is 20.2. The van der Waals surface area contributed by atoms with Crippen LogP contribution in [0.1, 0.15) is 5.56 Å². The molecule has 0 bridgehead atoms. The maximum Gasteiger partial charge on any atom is 0.344 e. The van der Waals surface area contributed by atoms with Crippen LogP contribution in [0.5, 0.6) is 5.75 Å². The normalized spacial score (nSPS) is 10.9. The summed E-state index contributed by atoms with van der Waals surface area (Å²) in [5, 5.41) is 1.38. The molecule has 0 fully saturated rings. The van der Waals surface area contributed by atoms with Gasteiger partial charge in [-0.1, -0.05) is 35.9 Å². The first kappa shape index (κ1) is 17.3. The Hall–Kier alpha value is -3.11. The zero-order chi connectivity index (χ0) is 18.8. The molecule has 0 aliphatic carbocycles. The van der Waals surface area contributed by atoms with Crippen molar-refractivity contribution in [3.63, 3.8) is 0 Å². The predicted molar refractivity (Wildman–Crippen MR) is 104 cm³/mol. The van der Waals surface area contributed by atoms with Crippen molar-refractivity contribution < 1.29 is 13.5 Å². The molecule has 1 heterocycles. The van der Waals surface area contributed by atoms with Gasteiger partial charge in [-0.3, -0.25) is 0 Å². The fraction of sp³-hybridized carbons (Fsp3) is 0.0455. The molecule has 4 rings (SSSR count). The molecule has 4 aromatic rings. The lowest BCUT2D eigenvalue weighted by Gasteiger charge is -2.08. The molecule has 5 heteroatoms. The minimum absolute atomic E-state index is 0.219. The number of fused-ring (bicyclic) bond motifs is 1. The number of hydrogen-bond acceptors (Lipinski definition) is 3. The van der Waals surface area contributed by atoms with Crippen LogP contribution in [0, 0.1) is 5.82 Å². The Morgan fingerprint density at radius 3 is 2.56 bits per heavy atom. The van der Waals surface area contributed by atoms with Crippen LogP contribution in [0.2, 0.25) is 5.02 Å². The van der Waals surface area contributed by atoms with E-state index in [2.05, 4.69) is 0 Å². The third-order valence-corrected chi connectivity index (χ3v) is 4.41. The van der Waals surface area contributed by atoms with Crippen molar-refractivity contribution in [3.8, 4) is 16.9 Å². The zero-order valence-corrected chi connectivity index (χ0v) is 14.9. The molecule has 3 nitrogen and oxygen atoms in total. The highest BCUT2D eigenvalue weighted by Gasteiger charge is 2.09. The van der Waals surface area contributed by atoms with E-state index in [0.29, 0.717) is 21.9 Å². The average molecular weight is 381 g/mol. The Morgan fingerprint density at radius 2 is 1.78 bits per heavy atom. The first-order valence-electron chi connectivity index (χ1n) is 8.29. The van der Waals surface area contributed by atoms with Crippen molar-refractivity contribution in [1.29, 1.82) is 0 Å². The van der Waals surface area contributed by atoms with Crippen LogP contribution in [-0.4, -0.2) is 0 Å². The van der Waals surface area contributed by atoms with E-state index < -0.39 is 5.63 Å². The van der Waals surface area contributed by atoms with E-state index >= 15 is 0 Å². The summed E-state index contributed by atoms with van der Waals surface area (Å²) in [4.78, 5) is 12.4. The molecule has 0 aliphatic rings. The summed E-state index contributed by atoms with van der Waals surface area (Å²) >= 11 is 5.90. The minimum atomic E-state index is -0.438. The van der Waals surface area contributed by atoms with Gasteiger partial charge in [0.15, 0.2) is 0 Å². The van der Waals surface area contributed by atoms with E-state index in [0.717, 1.165) is 16.5 Å².